The highest BCUT2D eigenvalue weighted by atomic mass is 16.5. The largest absolute Gasteiger partial charge is 0.466 e. The van der Waals surface area contributed by atoms with E-state index in [1.165, 1.54) is 64.9 Å². The Hall–Kier alpha value is -2.64. The summed E-state index contributed by atoms with van der Waals surface area (Å²) < 4.78 is 4.43. The molecule has 0 spiro atoms. The number of hydrogen-bond donors (Lipinski definition) is 3. The summed E-state index contributed by atoms with van der Waals surface area (Å²) in [6.45, 7) is 2.66. The maximum atomic E-state index is 12.3. The van der Waals surface area contributed by atoms with Crippen molar-refractivity contribution in [1.82, 2.24) is 16.0 Å². The van der Waals surface area contributed by atoms with Crippen LogP contribution in [0.4, 0.5) is 0 Å². The average Bonchev–Trinajstić information content (AvgIpc) is 2.92. The minimum absolute atomic E-state index is 0.0996. The van der Waals surface area contributed by atoms with E-state index in [0.717, 1.165) is 37.8 Å². The number of likely N-dealkylation sites (N-methyl/N-ethyl adjacent to an activating group) is 1. The third-order valence-corrected chi connectivity index (χ3v) is 6.35. The van der Waals surface area contributed by atoms with Crippen molar-refractivity contribution >= 4 is 23.7 Å². The van der Waals surface area contributed by atoms with E-state index < -0.39 is 12.0 Å². The summed E-state index contributed by atoms with van der Waals surface area (Å²) >= 11 is 0. The SMILES string of the molecule is CCCCCCCCC=CCCCCCCCC(=O)NC(CCCCNC(=O)C=CC(=O)OC)C(=O)NC. The highest BCUT2D eigenvalue weighted by molar-refractivity contribution is 5.94. The second-order valence-electron chi connectivity index (χ2n) is 9.71. The first-order chi connectivity index (χ1) is 18.4. The number of carbonyl (C=O) groups excluding carboxylic acids is 4. The zero-order valence-corrected chi connectivity index (χ0v) is 24.2. The normalized spacial score (nSPS) is 12.0. The summed E-state index contributed by atoms with van der Waals surface area (Å²) in [5, 5.41) is 8.11. The molecule has 0 rings (SSSR count). The Morgan fingerprint density at radius 3 is 1.97 bits per heavy atom. The Balaban J connectivity index is 3.87. The summed E-state index contributed by atoms with van der Waals surface area (Å²) in [5.74, 6) is -1.29. The summed E-state index contributed by atoms with van der Waals surface area (Å²) in [6, 6.07) is -0.578. The van der Waals surface area contributed by atoms with Crippen LogP contribution in [0.5, 0.6) is 0 Å². The molecular weight excluding hydrogens is 482 g/mol. The number of unbranched alkanes of at least 4 members (excludes halogenated alkanes) is 12. The van der Waals surface area contributed by atoms with Gasteiger partial charge in [-0.25, -0.2) is 4.79 Å². The molecule has 0 bridgehead atoms. The van der Waals surface area contributed by atoms with Crippen LogP contribution in [0, 0.1) is 0 Å². The lowest BCUT2D eigenvalue weighted by molar-refractivity contribution is -0.135. The Morgan fingerprint density at radius 1 is 0.763 bits per heavy atom. The fraction of sp³-hybridized carbons (Fsp3) is 0.733. The van der Waals surface area contributed by atoms with Gasteiger partial charge in [0.2, 0.25) is 17.7 Å². The van der Waals surface area contributed by atoms with Crippen molar-refractivity contribution in [2.24, 2.45) is 0 Å². The fourth-order valence-electron chi connectivity index (χ4n) is 4.02. The monoisotopic (exact) mass is 535 g/mol. The van der Waals surface area contributed by atoms with E-state index in [2.05, 4.69) is 39.8 Å². The Morgan fingerprint density at radius 2 is 1.37 bits per heavy atom. The molecule has 8 heteroatoms. The van der Waals surface area contributed by atoms with Gasteiger partial charge in [0.05, 0.1) is 7.11 Å². The summed E-state index contributed by atoms with van der Waals surface area (Å²) in [5.41, 5.74) is 0. The number of allylic oxidation sites excluding steroid dienone is 2. The third-order valence-electron chi connectivity index (χ3n) is 6.35. The molecule has 0 aromatic rings. The first kappa shape index (κ1) is 35.4. The van der Waals surface area contributed by atoms with E-state index in [9.17, 15) is 19.2 Å². The highest BCUT2D eigenvalue weighted by Crippen LogP contribution is 2.10. The van der Waals surface area contributed by atoms with Crippen molar-refractivity contribution in [2.45, 2.75) is 122 Å². The lowest BCUT2D eigenvalue weighted by Gasteiger charge is -2.17. The van der Waals surface area contributed by atoms with Gasteiger partial charge in [-0.3, -0.25) is 14.4 Å². The van der Waals surface area contributed by atoms with Gasteiger partial charge in [0.15, 0.2) is 0 Å². The van der Waals surface area contributed by atoms with E-state index in [4.69, 9.17) is 0 Å². The maximum Gasteiger partial charge on any atom is 0.330 e. The third kappa shape index (κ3) is 22.5. The van der Waals surface area contributed by atoms with Crippen molar-refractivity contribution in [3.8, 4) is 0 Å². The summed E-state index contributed by atoms with van der Waals surface area (Å²) in [7, 11) is 2.80. The van der Waals surface area contributed by atoms with Crippen molar-refractivity contribution < 1.29 is 23.9 Å². The first-order valence-electron chi connectivity index (χ1n) is 14.6. The zero-order valence-electron chi connectivity index (χ0n) is 24.2. The molecule has 218 valence electrons. The molecule has 1 unspecified atom stereocenters. The van der Waals surface area contributed by atoms with Crippen LogP contribution in [-0.4, -0.2) is 50.4 Å². The highest BCUT2D eigenvalue weighted by Gasteiger charge is 2.18. The molecule has 38 heavy (non-hydrogen) atoms. The quantitative estimate of drug-likeness (QED) is 0.0674. The van der Waals surface area contributed by atoms with Crippen LogP contribution in [0.1, 0.15) is 116 Å². The second-order valence-corrected chi connectivity index (χ2v) is 9.71. The van der Waals surface area contributed by atoms with Gasteiger partial charge >= 0.3 is 5.97 Å². The minimum atomic E-state index is -0.592. The van der Waals surface area contributed by atoms with E-state index in [1.807, 2.05) is 0 Å². The topological polar surface area (TPSA) is 114 Å². The maximum absolute atomic E-state index is 12.3. The van der Waals surface area contributed by atoms with Gasteiger partial charge in [-0.15, -0.1) is 0 Å². The number of nitrogens with one attached hydrogen (secondary N) is 3. The van der Waals surface area contributed by atoms with Crippen molar-refractivity contribution in [3.63, 3.8) is 0 Å². The second kappa shape index (κ2) is 26.0. The van der Waals surface area contributed by atoms with Gasteiger partial charge in [0.25, 0.3) is 0 Å². The standard InChI is InChI=1S/C30H53N3O5/c1-4-5-6-7-8-9-10-11-12-13-14-15-16-17-18-22-28(35)33-26(30(37)31-2)21-19-20-25-32-27(34)23-24-29(36)38-3/h11-12,23-24,26H,4-10,13-22,25H2,1-3H3,(H,31,37)(H,32,34)(H,33,35). The lowest BCUT2D eigenvalue weighted by atomic mass is 10.1. The van der Waals surface area contributed by atoms with E-state index in [-0.39, 0.29) is 17.7 Å². The number of carbonyl (C=O) groups is 4. The molecule has 0 aliphatic carbocycles. The molecule has 0 heterocycles. The van der Waals surface area contributed by atoms with Crippen LogP contribution in [0.2, 0.25) is 0 Å². The van der Waals surface area contributed by atoms with Crippen LogP contribution in [0.3, 0.4) is 0 Å². The Labute approximate surface area is 230 Å². The van der Waals surface area contributed by atoms with Crippen LogP contribution >= 0.6 is 0 Å². The zero-order chi connectivity index (χ0) is 28.3. The number of amides is 3. The van der Waals surface area contributed by atoms with Gasteiger partial charge in [-0.1, -0.05) is 70.4 Å². The molecule has 0 saturated carbocycles. The molecule has 0 aliphatic rings. The first-order valence-corrected chi connectivity index (χ1v) is 14.6. The van der Waals surface area contributed by atoms with E-state index >= 15 is 0 Å². The van der Waals surface area contributed by atoms with Gasteiger partial charge in [0, 0.05) is 32.2 Å². The van der Waals surface area contributed by atoms with Crippen LogP contribution in [0.15, 0.2) is 24.3 Å². The number of rotatable bonds is 24. The summed E-state index contributed by atoms with van der Waals surface area (Å²) in [4.78, 5) is 47.1. The average molecular weight is 536 g/mol. The lowest BCUT2D eigenvalue weighted by Crippen LogP contribution is -2.45. The molecule has 3 N–H and O–H groups in total. The van der Waals surface area contributed by atoms with E-state index in [1.54, 1.807) is 7.05 Å². The number of esters is 1. The number of methoxy groups -OCH3 is 1. The minimum Gasteiger partial charge on any atom is -0.466 e. The molecule has 1 atom stereocenters. The van der Waals surface area contributed by atoms with Gasteiger partial charge in [-0.2, -0.15) is 0 Å². The van der Waals surface area contributed by atoms with Crippen molar-refractivity contribution in [2.75, 3.05) is 20.7 Å². The van der Waals surface area contributed by atoms with Crippen LogP contribution < -0.4 is 16.0 Å². The van der Waals surface area contributed by atoms with Crippen LogP contribution in [0.25, 0.3) is 0 Å². The molecule has 0 radical (unpaired) electrons. The summed E-state index contributed by atoms with van der Waals surface area (Å²) in [6.07, 6.45) is 24.8. The predicted molar refractivity (Wildman–Crippen MR) is 153 cm³/mol. The smallest absolute Gasteiger partial charge is 0.330 e. The van der Waals surface area contributed by atoms with Gasteiger partial charge in [-0.05, 0) is 51.4 Å². The molecular formula is C30H53N3O5. The number of hydrogen-bond acceptors (Lipinski definition) is 5. The van der Waals surface area contributed by atoms with Crippen molar-refractivity contribution in [3.05, 3.63) is 24.3 Å². The number of ether oxygens (including phenoxy) is 1. The molecule has 3 amide bonds. The van der Waals surface area contributed by atoms with Crippen LogP contribution in [-0.2, 0) is 23.9 Å². The Bertz CT molecular complexity index is 706. The molecule has 0 fully saturated rings. The fourth-order valence-corrected chi connectivity index (χ4v) is 4.02. The van der Waals surface area contributed by atoms with Gasteiger partial charge in [0.1, 0.15) is 6.04 Å². The molecule has 8 nitrogen and oxygen atoms in total. The van der Waals surface area contributed by atoms with Crippen molar-refractivity contribution in [1.29, 1.82) is 0 Å². The molecule has 0 aromatic heterocycles. The molecule has 0 aliphatic heterocycles. The Kier molecular flexibility index (Phi) is 24.2. The molecule has 0 aromatic carbocycles. The molecule has 0 saturated heterocycles. The van der Waals surface area contributed by atoms with Gasteiger partial charge < -0.3 is 20.7 Å². The predicted octanol–water partition coefficient (Wildman–Crippen LogP) is 5.27. The van der Waals surface area contributed by atoms with E-state index in [0.29, 0.717) is 32.2 Å².